The molecule has 6 fully saturated rings. The second kappa shape index (κ2) is 18.1. The lowest BCUT2D eigenvalue weighted by molar-refractivity contribution is -0.196. The summed E-state index contributed by atoms with van der Waals surface area (Å²) in [5.41, 5.74) is 4.10. The number of aromatic nitrogens is 4. The van der Waals surface area contributed by atoms with Gasteiger partial charge in [0.1, 0.15) is 18.4 Å². The predicted octanol–water partition coefficient (Wildman–Crippen LogP) is 4.67. The van der Waals surface area contributed by atoms with E-state index >= 15 is 0 Å². The number of carboxylic acid groups (broad SMARTS) is 1. The topological polar surface area (TPSA) is 219 Å². The number of carbonyl (C=O) groups is 6. The molecule has 2 bridgehead atoms. The lowest BCUT2D eigenvalue weighted by Crippen LogP contribution is -2.66. The van der Waals surface area contributed by atoms with Crippen molar-refractivity contribution < 1.29 is 33.9 Å². The number of carboxylic acids is 1. The second-order valence-corrected chi connectivity index (χ2v) is 19.4. The van der Waals surface area contributed by atoms with Crippen LogP contribution in [0.25, 0.3) is 11.2 Å². The minimum Gasteiger partial charge on any atom is -0.480 e. The first-order chi connectivity index (χ1) is 33.4. The van der Waals surface area contributed by atoms with E-state index in [1.807, 2.05) is 21.7 Å². The van der Waals surface area contributed by atoms with Crippen LogP contribution in [0, 0.1) is 5.92 Å². The first kappa shape index (κ1) is 45.0. The summed E-state index contributed by atoms with van der Waals surface area (Å²) in [5.74, 6) is -2.94. The number of hydrazine groups is 1. The number of rotatable bonds is 12. The van der Waals surface area contributed by atoms with Crippen molar-refractivity contribution >= 4 is 87.1 Å². The maximum Gasteiger partial charge on any atom is 0.326 e. The number of imidazole rings is 1. The first-order valence-corrected chi connectivity index (χ1v) is 24.0. The highest BCUT2D eigenvalue weighted by Crippen LogP contribution is 2.41. The van der Waals surface area contributed by atoms with Gasteiger partial charge < -0.3 is 25.2 Å². The Hall–Kier alpha value is -6.51. The van der Waals surface area contributed by atoms with Crippen molar-refractivity contribution in [3.63, 3.8) is 0 Å². The van der Waals surface area contributed by atoms with Crippen molar-refractivity contribution in [2.24, 2.45) is 5.92 Å². The molecule has 12 rings (SSSR count). The van der Waals surface area contributed by atoms with Crippen molar-refractivity contribution in [1.29, 1.82) is 0 Å². The van der Waals surface area contributed by atoms with Gasteiger partial charge in [-0.2, -0.15) is 0 Å². The number of amides is 5. The Morgan fingerprint density at radius 3 is 2.28 bits per heavy atom. The quantitative estimate of drug-likeness (QED) is 0.125. The van der Waals surface area contributed by atoms with Gasteiger partial charge in [-0.15, -0.1) is 0 Å². The molecule has 0 unspecified atom stereocenters. The summed E-state index contributed by atoms with van der Waals surface area (Å²) in [6.45, 7) is 5.26. The summed E-state index contributed by atoms with van der Waals surface area (Å²) >= 11 is 12.5. The molecule has 6 aliphatic heterocycles. The van der Waals surface area contributed by atoms with Crippen LogP contribution in [0.15, 0.2) is 73.3 Å². The molecule has 5 amide bonds. The molecule has 0 radical (unpaired) electrons. The summed E-state index contributed by atoms with van der Waals surface area (Å²) in [6.07, 6.45) is 6.64. The fourth-order valence-electron chi connectivity index (χ4n) is 11.0. The summed E-state index contributed by atoms with van der Waals surface area (Å²) in [6, 6.07) is 15.5. The van der Waals surface area contributed by atoms with E-state index in [0.717, 1.165) is 68.4 Å². The van der Waals surface area contributed by atoms with Crippen LogP contribution in [0.2, 0.25) is 10.0 Å². The fraction of sp³-hybridized carbons (Fsp3) is 0.396. The first-order valence-electron chi connectivity index (χ1n) is 23.3. The summed E-state index contributed by atoms with van der Waals surface area (Å²) in [7, 11) is 0. The van der Waals surface area contributed by atoms with Crippen molar-refractivity contribution in [2.45, 2.75) is 68.7 Å². The molecule has 69 heavy (non-hydrogen) atoms. The van der Waals surface area contributed by atoms with Crippen LogP contribution in [0.3, 0.4) is 0 Å². The van der Waals surface area contributed by atoms with Gasteiger partial charge in [-0.1, -0.05) is 35.3 Å². The Morgan fingerprint density at radius 2 is 1.57 bits per heavy atom. The maximum atomic E-state index is 13.7. The number of halogens is 2. The molecular formula is C48H48Cl2N12O7. The minimum atomic E-state index is -1.11. The molecular weight excluding hydrogens is 928 g/mol. The third kappa shape index (κ3) is 8.24. The number of carbonyl (C=O) groups excluding carboxylic acids is 5. The van der Waals surface area contributed by atoms with E-state index < -0.39 is 41.7 Å². The van der Waals surface area contributed by atoms with Crippen LogP contribution in [-0.4, -0.2) is 144 Å². The monoisotopic (exact) mass is 974 g/mol. The zero-order chi connectivity index (χ0) is 47.7. The Morgan fingerprint density at radius 1 is 0.841 bits per heavy atom. The van der Waals surface area contributed by atoms with Gasteiger partial charge in [0.25, 0.3) is 17.7 Å². The molecule has 3 atom stereocenters. The van der Waals surface area contributed by atoms with Gasteiger partial charge >= 0.3 is 5.97 Å². The summed E-state index contributed by atoms with van der Waals surface area (Å²) in [5, 5.41) is 24.3. The zero-order valence-electron chi connectivity index (χ0n) is 37.3. The Balaban J connectivity index is 0.715. The number of piperidine rings is 2. The number of aliphatic carboxylic acids is 1. The second-order valence-electron chi connectivity index (χ2n) is 18.6. The number of hydrogen-bond acceptors (Lipinski definition) is 14. The van der Waals surface area contributed by atoms with Gasteiger partial charge in [-0.05, 0) is 92.1 Å². The molecule has 4 N–H and O–H groups in total. The number of nitrogens with one attached hydrogen (secondary N) is 3. The SMILES string of the molecule is O=C1CC[C@H](N2C(=O)c3ccc([C@@H](C(=O)O)N4[C@H](CN5CCN(c6ccc(Nc7ncnc8c7ncn8C7CC(NC(=O)c8c(Cl)cccc8Cl)C7)cc6)CC5)C5CCN4CC5)cc3C2=O)C(=O)N1. The highest BCUT2D eigenvalue weighted by Gasteiger charge is 2.49. The standard InChI is InChI=1S/C48H48Cl2N12O7/c49-34-2-1-3-35(50)39(34)45(65)55-29-21-31(22-29)60-25-53-40-42(51-24-52-43(40)60)54-28-5-7-30(8-6-28)58-18-16-57(17-19-58)23-37-26-12-14-59(15-13-26)62(37)41(48(68)69)27-4-9-32-33(20-27)47(67)61(46(32)66)36-10-11-38(63)56-44(36)64/h1-9,20,24-26,29,31,36-37,41H,10-19,21-23H2,(H,55,65)(H,68,69)(H,51,52,54)(H,56,63,64)/t29?,31?,36-,37+,41-/m0/s1. The predicted molar refractivity (Wildman–Crippen MR) is 253 cm³/mol. The number of nitrogens with zero attached hydrogens (tertiary/aromatic N) is 9. The molecule has 7 aliphatic rings. The van der Waals surface area contributed by atoms with E-state index in [2.05, 4.69) is 57.8 Å². The lowest BCUT2D eigenvalue weighted by atomic mass is 9.84. The van der Waals surface area contributed by atoms with E-state index in [4.69, 9.17) is 23.2 Å². The van der Waals surface area contributed by atoms with Crippen molar-refractivity contribution in [1.82, 2.24) is 50.0 Å². The minimum absolute atomic E-state index is 0.00657. The molecule has 0 spiro atoms. The van der Waals surface area contributed by atoms with Crippen molar-refractivity contribution in [3.8, 4) is 0 Å². The molecule has 8 heterocycles. The number of anilines is 3. The molecule has 19 nitrogen and oxygen atoms in total. The van der Waals surface area contributed by atoms with Gasteiger partial charge in [0.05, 0.1) is 33.1 Å². The van der Waals surface area contributed by atoms with E-state index in [0.29, 0.717) is 52.0 Å². The van der Waals surface area contributed by atoms with Gasteiger partial charge in [-0.3, -0.25) is 43.9 Å². The molecule has 2 aromatic heterocycles. The van der Waals surface area contributed by atoms with E-state index in [-0.39, 0.29) is 59.5 Å². The van der Waals surface area contributed by atoms with E-state index in [1.165, 1.54) is 18.5 Å². The van der Waals surface area contributed by atoms with Gasteiger partial charge in [0, 0.05) is 81.7 Å². The highest BCUT2D eigenvalue weighted by atomic mass is 35.5. The Bertz CT molecular complexity index is 2890. The average molecular weight is 976 g/mol. The number of piperazine rings is 1. The van der Waals surface area contributed by atoms with Gasteiger partial charge in [0.15, 0.2) is 17.0 Å². The van der Waals surface area contributed by atoms with Crippen LogP contribution in [0.4, 0.5) is 17.2 Å². The summed E-state index contributed by atoms with van der Waals surface area (Å²) < 4.78 is 2.03. The zero-order valence-corrected chi connectivity index (χ0v) is 38.8. The van der Waals surface area contributed by atoms with Crippen molar-refractivity contribution in [3.05, 3.63) is 106 Å². The smallest absolute Gasteiger partial charge is 0.326 e. The van der Waals surface area contributed by atoms with Crippen molar-refractivity contribution in [2.75, 3.05) is 56.0 Å². The maximum absolute atomic E-state index is 13.7. The number of fused-ring (bicyclic) bond motifs is 5. The third-order valence-electron chi connectivity index (χ3n) is 14.7. The molecule has 1 saturated carbocycles. The van der Waals surface area contributed by atoms with E-state index in [9.17, 15) is 33.9 Å². The molecule has 3 aromatic carbocycles. The number of imide groups is 2. The molecule has 356 valence electrons. The number of benzene rings is 3. The van der Waals surface area contributed by atoms with Gasteiger partial charge in [0.2, 0.25) is 11.8 Å². The molecule has 5 aromatic rings. The van der Waals surface area contributed by atoms with E-state index in [1.54, 1.807) is 30.6 Å². The van der Waals surface area contributed by atoms with Crippen LogP contribution in [0.1, 0.15) is 87.2 Å². The van der Waals surface area contributed by atoms with Crippen LogP contribution in [-0.2, 0) is 14.4 Å². The average Bonchev–Trinajstić information content (AvgIpc) is 3.86. The molecule has 5 saturated heterocycles. The van der Waals surface area contributed by atoms with Crippen LogP contribution >= 0.6 is 23.2 Å². The Kier molecular flexibility index (Phi) is 11.8. The molecule has 21 heteroatoms. The van der Waals surface area contributed by atoms with Crippen LogP contribution < -0.4 is 20.9 Å². The van der Waals surface area contributed by atoms with Gasteiger partial charge in [-0.25, -0.2) is 25.0 Å². The van der Waals surface area contributed by atoms with Crippen LogP contribution in [0.5, 0.6) is 0 Å². The summed E-state index contributed by atoms with van der Waals surface area (Å²) in [4.78, 5) is 97.1. The third-order valence-corrected chi connectivity index (χ3v) is 15.3. The number of hydrogen-bond donors (Lipinski definition) is 4. The normalized spacial score (nSPS) is 25.4. The lowest BCUT2D eigenvalue weighted by Gasteiger charge is -2.56. The highest BCUT2D eigenvalue weighted by molar-refractivity contribution is 6.39. The molecule has 1 aliphatic carbocycles. The fourth-order valence-corrected chi connectivity index (χ4v) is 11.6. The largest absolute Gasteiger partial charge is 0.480 e. The Labute approximate surface area is 405 Å².